The molecule has 1 aromatic rings. The van der Waals surface area contributed by atoms with Gasteiger partial charge in [-0.25, -0.2) is 12.7 Å². The molecule has 0 radical (unpaired) electrons. The number of hydrogen-bond acceptors (Lipinski definition) is 5. The van der Waals surface area contributed by atoms with Crippen LogP contribution >= 0.6 is 15.9 Å². The molecular weight excluding hydrogens is 360 g/mol. The van der Waals surface area contributed by atoms with Crippen LogP contribution in [0.1, 0.15) is 12.5 Å². The molecule has 0 amide bonds. The van der Waals surface area contributed by atoms with Crippen molar-refractivity contribution < 1.29 is 17.9 Å². The van der Waals surface area contributed by atoms with Gasteiger partial charge in [-0.15, -0.1) is 0 Å². The van der Waals surface area contributed by atoms with Gasteiger partial charge in [0.1, 0.15) is 0 Å². The number of hydrogen-bond donors (Lipinski definition) is 1. The van der Waals surface area contributed by atoms with Crippen LogP contribution in [0.25, 0.3) is 0 Å². The second-order valence-corrected chi connectivity index (χ2v) is 7.76. The van der Waals surface area contributed by atoms with Gasteiger partial charge in [0.2, 0.25) is 10.0 Å². The van der Waals surface area contributed by atoms with Crippen molar-refractivity contribution in [2.24, 2.45) is 5.92 Å². The van der Waals surface area contributed by atoms with Crippen LogP contribution in [-0.2, 0) is 19.6 Å². The molecule has 0 aromatic heterocycles. The van der Waals surface area contributed by atoms with Gasteiger partial charge < -0.3 is 10.5 Å². The summed E-state index contributed by atoms with van der Waals surface area (Å²) in [6.45, 7) is 3.28. The normalized spacial score (nSPS) is 13.2. The van der Waals surface area contributed by atoms with Gasteiger partial charge in [-0.1, -0.05) is 22.9 Å². The lowest BCUT2D eigenvalue weighted by atomic mass is 10.2. The standard InChI is InChI=1S/C13H19BrN2O4S/c1-8(13(17)20-4)7-16(3)21(18,19)12-6-10(14)5-11(15)9(12)2/h5-6,8H,7,15H2,1-4H3. The summed E-state index contributed by atoms with van der Waals surface area (Å²) >= 11 is 3.24. The largest absolute Gasteiger partial charge is 0.469 e. The molecule has 0 bridgehead atoms. The molecule has 1 unspecified atom stereocenters. The Morgan fingerprint density at radius 1 is 1.48 bits per heavy atom. The molecule has 0 saturated carbocycles. The molecular formula is C13H19BrN2O4S. The van der Waals surface area contributed by atoms with Crippen LogP contribution in [-0.4, -0.2) is 39.4 Å². The average molecular weight is 379 g/mol. The Labute approximate surface area is 133 Å². The summed E-state index contributed by atoms with van der Waals surface area (Å²) in [7, 11) is -1.04. The summed E-state index contributed by atoms with van der Waals surface area (Å²) in [5.74, 6) is -1.01. The van der Waals surface area contributed by atoms with Crippen molar-refractivity contribution in [3.05, 3.63) is 22.2 Å². The minimum atomic E-state index is -3.74. The van der Waals surface area contributed by atoms with Crippen LogP contribution in [0, 0.1) is 12.8 Å². The van der Waals surface area contributed by atoms with E-state index in [4.69, 9.17) is 5.73 Å². The van der Waals surface area contributed by atoms with Crippen LogP contribution in [0.4, 0.5) is 5.69 Å². The third-order valence-electron chi connectivity index (χ3n) is 3.19. The Bertz CT molecular complexity index is 646. The molecule has 0 heterocycles. The van der Waals surface area contributed by atoms with Gasteiger partial charge in [0.25, 0.3) is 0 Å². The highest BCUT2D eigenvalue weighted by Crippen LogP contribution is 2.28. The van der Waals surface area contributed by atoms with Crippen molar-refractivity contribution in [1.29, 1.82) is 0 Å². The summed E-state index contributed by atoms with van der Waals surface area (Å²) < 4.78 is 31.5. The van der Waals surface area contributed by atoms with Crippen molar-refractivity contribution in [3.63, 3.8) is 0 Å². The number of sulfonamides is 1. The Kier molecular flexibility index (Phi) is 5.77. The smallest absolute Gasteiger partial charge is 0.309 e. The van der Waals surface area contributed by atoms with E-state index in [1.54, 1.807) is 19.9 Å². The summed E-state index contributed by atoms with van der Waals surface area (Å²) in [6.07, 6.45) is 0. The predicted molar refractivity (Wildman–Crippen MR) is 84.3 cm³/mol. The Balaban J connectivity index is 3.14. The molecule has 1 aromatic carbocycles. The number of anilines is 1. The number of carbonyl (C=O) groups excluding carboxylic acids is 1. The van der Waals surface area contributed by atoms with E-state index in [1.165, 1.54) is 20.2 Å². The number of esters is 1. The molecule has 2 N–H and O–H groups in total. The Morgan fingerprint density at radius 3 is 2.57 bits per heavy atom. The minimum Gasteiger partial charge on any atom is -0.469 e. The van der Waals surface area contributed by atoms with Gasteiger partial charge in [-0.2, -0.15) is 0 Å². The lowest BCUT2D eigenvalue weighted by Crippen LogP contribution is -2.34. The number of carbonyl (C=O) groups is 1. The zero-order chi connectivity index (χ0) is 16.4. The topological polar surface area (TPSA) is 89.7 Å². The Morgan fingerprint density at radius 2 is 2.05 bits per heavy atom. The first-order valence-electron chi connectivity index (χ1n) is 6.21. The van der Waals surface area contributed by atoms with E-state index in [-0.39, 0.29) is 11.4 Å². The van der Waals surface area contributed by atoms with E-state index < -0.39 is 21.9 Å². The fourth-order valence-corrected chi connectivity index (χ4v) is 4.03. The first kappa shape index (κ1) is 17.9. The third-order valence-corrected chi connectivity index (χ3v) is 5.60. The maximum Gasteiger partial charge on any atom is 0.309 e. The molecule has 118 valence electrons. The van der Waals surface area contributed by atoms with Crippen molar-refractivity contribution >= 4 is 37.6 Å². The summed E-state index contributed by atoms with van der Waals surface area (Å²) in [5.41, 5.74) is 6.67. The molecule has 1 atom stereocenters. The van der Waals surface area contributed by atoms with Crippen molar-refractivity contribution in [2.45, 2.75) is 18.7 Å². The van der Waals surface area contributed by atoms with Gasteiger partial charge >= 0.3 is 5.97 Å². The highest BCUT2D eigenvalue weighted by Gasteiger charge is 2.27. The SMILES string of the molecule is COC(=O)C(C)CN(C)S(=O)(=O)c1cc(Br)cc(N)c1C. The molecule has 21 heavy (non-hydrogen) atoms. The lowest BCUT2D eigenvalue weighted by Gasteiger charge is -2.21. The molecule has 0 saturated heterocycles. The zero-order valence-corrected chi connectivity index (χ0v) is 14.8. The second-order valence-electron chi connectivity index (χ2n) is 4.83. The van der Waals surface area contributed by atoms with Gasteiger partial charge in [0, 0.05) is 23.8 Å². The third kappa shape index (κ3) is 3.96. The number of methoxy groups -OCH3 is 1. The highest BCUT2D eigenvalue weighted by atomic mass is 79.9. The zero-order valence-electron chi connectivity index (χ0n) is 12.4. The number of rotatable bonds is 5. The van der Waals surface area contributed by atoms with Crippen LogP contribution in [0.2, 0.25) is 0 Å². The van der Waals surface area contributed by atoms with E-state index in [0.717, 1.165) is 4.31 Å². The van der Waals surface area contributed by atoms with E-state index in [0.29, 0.717) is 15.7 Å². The number of halogens is 1. The van der Waals surface area contributed by atoms with E-state index in [2.05, 4.69) is 20.7 Å². The summed E-state index contributed by atoms with van der Waals surface area (Å²) in [6, 6.07) is 3.14. The molecule has 0 spiro atoms. The fourth-order valence-electron chi connectivity index (χ4n) is 1.87. The number of nitrogens with zero attached hydrogens (tertiary/aromatic N) is 1. The monoisotopic (exact) mass is 378 g/mol. The fraction of sp³-hybridized carbons (Fsp3) is 0.462. The number of benzene rings is 1. The number of ether oxygens (including phenoxy) is 1. The quantitative estimate of drug-likeness (QED) is 0.622. The van der Waals surface area contributed by atoms with Crippen LogP contribution in [0.3, 0.4) is 0 Å². The summed E-state index contributed by atoms with van der Waals surface area (Å²) in [5, 5.41) is 0. The van der Waals surface area contributed by atoms with Crippen LogP contribution in [0.5, 0.6) is 0 Å². The van der Waals surface area contributed by atoms with Gasteiger partial charge in [-0.3, -0.25) is 4.79 Å². The minimum absolute atomic E-state index is 0.0286. The molecule has 6 nitrogen and oxygen atoms in total. The second kappa shape index (κ2) is 6.76. The van der Waals surface area contributed by atoms with E-state index in [9.17, 15) is 13.2 Å². The first-order chi connectivity index (χ1) is 9.61. The number of nitrogen functional groups attached to an aromatic ring is 1. The lowest BCUT2D eigenvalue weighted by molar-refractivity contribution is -0.144. The predicted octanol–water partition coefficient (Wildman–Crippen LogP) is 1.77. The van der Waals surface area contributed by atoms with E-state index in [1.807, 2.05) is 0 Å². The molecule has 1 rings (SSSR count). The van der Waals surface area contributed by atoms with Crippen molar-refractivity contribution in [2.75, 3.05) is 26.4 Å². The maximum atomic E-state index is 12.6. The van der Waals surface area contributed by atoms with Crippen molar-refractivity contribution in [3.8, 4) is 0 Å². The van der Waals surface area contributed by atoms with Crippen molar-refractivity contribution in [1.82, 2.24) is 4.31 Å². The van der Waals surface area contributed by atoms with E-state index >= 15 is 0 Å². The molecule has 0 aliphatic heterocycles. The molecule has 0 aliphatic rings. The molecule has 0 aliphatic carbocycles. The highest BCUT2D eigenvalue weighted by molar-refractivity contribution is 9.10. The van der Waals surface area contributed by atoms with Crippen LogP contribution < -0.4 is 5.73 Å². The Hall–Kier alpha value is -1.12. The average Bonchev–Trinajstić information content (AvgIpc) is 2.41. The van der Waals surface area contributed by atoms with Crippen LogP contribution in [0.15, 0.2) is 21.5 Å². The first-order valence-corrected chi connectivity index (χ1v) is 8.44. The summed E-state index contributed by atoms with van der Waals surface area (Å²) in [4.78, 5) is 11.5. The van der Waals surface area contributed by atoms with Gasteiger partial charge in [-0.05, 0) is 24.6 Å². The van der Waals surface area contributed by atoms with Gasteiger partial charge in [0.15, 0.2) is 0 Å². The maximum absolute atomic E-state index is 12.6. The molecule has 0 fully saturated rings. The van der Waals surface area contributed by atoms with Gasteiger partial charge in [0.05, 0.1) is 17.9 Å². The number of nitrogens with two attached hydrogens (primary N) is 1. The molecule has 8 heteroatoms.